The summed E-state index contributed by atoms with van der Waals surface area (Å²) < 4.78 is 0. The number of hydrogen-bond acceptors (Lipinski definition) is 3. The summed E-state index contributed by atoms with van der Waals surface area (Å²) in [6.45, 7) is 7.61. The highest BCUT2D eigenvalue weighted by molar-refractivity contribution is 7.11. The van der Waals surface area contributed by atoms with Crippen LogP contribution >= 0.6 is 11.3 Å². The van der Waals surface area contributed by atoms with Gasteiger partial charge in [-0.2, -0.15) is 0 Å². The first-order valence-electron chi connectivity index (χ1n) is 6.58. The molecule has 2 rings (SSSR count). The number of aryl methyl sites for hydroxylation is 1. The third kappa shape index (κ3) is 2.81. The first kappa shape index (κ1) is 14.1. The van der Waals surface area contributed by atoms with E-state index in [2.05, 4.69) is 24.4 Å². The molecule has 0 radical (unpaired) electrons. The van der Waals surface area contributed by atoms with Crippen LogP contribution in [0.15, 0.2) is 12.1 Å². The second-order valence-corrected chi connectivity index (χ2v) is 6.59. The minimum absolute atomic E-state index is 0.00729. The fourth-order valence-corrected chi connectivity index (χ4v) is 3.53. The van der Waals surface area contributed by atoms with Crippen molar-refractivity contribution in [3.05, 3.63) is 21.9 Å². The molecule has 3 atom stereocenters. The van der Waals surface area contributed by atoms with Gasteiger partial charge in [-0.3, -0.25) is 9.59 Å². The Balaban J connectivity index is 2.13. The molecule has 5 heteroatoms. The highest BCUT2D eigenvalue weighted by Gasteiger charge is 2.38. The monoisotopic (exact) mass is 280 g/mol. The fraction of sp³-hybridized carbons (Fsp3) is 0.571. The molecule has 1 aliphatic rings. The van der Waals surface area contributed by atoms with Gasteiger partial charge in [-0.25, -0.2) is 0 Å². The van der Waals surface area contributed by atoms with Crippen molar-refractivity contribution in [3.8, 4) is 0 Å². The summed E-state index contributed by atoms with van der Waals surface area (Å²) in [5, 5.41) is 2.70. The quantitative estimate of drug-likeness (QED) is 0.916. The Hall–Kier alpha value is -1.36. The van der Waals surface area contributed by atoms with Crippen LogP contribution < -0.4 is 5.32 Å². The molecule has 1 fully saturated rings. The van der Waals surface area contributed by atoms with Crippen LogP contribution in [0.4, 0.5) is 0 Å². The summed E-state index contributed by atoms with van der Waals surface area (Å²) in [7, 11) is 0. The fourth-order valence-electron chi connectivity index (χ4n) is 2.52. The van der Waals surface area contributed by atoms with E-state index in [1.165, 1.54) is 9.75 Å². The predicted molar refractivity (Wildman–Crippen MR) is 76.1 cm³/mol. The molecule has 3 unspecified atom stereocenters. The van der Waals surface area contributed by atoms with Crippen molar-refractivity contribution in [3.63, 3.8) is 0 Å². The van der Waals surface area contributed by atoms with Gasteiger partial charge < -0.3 is 10.2 Å². The van der Waals surface area contributed by atoms with Gasteiger partial charge in [-0.05, 0) is 39.8 Å². The second-order valence-electron chi connectivity index (χ2n) is 5.22. The Morgan fingerprint density at radius 3 is 2.63 bits per heavy atom. The summed E-state index contributed by atoms with van der Waals surface area (Å²) in [6, 6.07) is 3.41. The van der Waals surface area contributed by atoms with Crippen LogP contribution in [-0.2, 0) is 16.0 Å². The zero-order valence-electron chi connectivity index (χ0n) is 11.8. The molecule has 1 saturated heterocycles. The Labute approximate surface area is 117 Å². The highest BCUT2D eigenvalue weighted by Crippen LogP contribution is 2.21. The summed E-state index contributed by atoms with van der Waals surface area (Å²) >= 11 is 1.75. The lowest BCUT2D eigenvalue weighted by Gasteiger charge is -2.40. The molecule has 1 aliphatic heterocycles. The summed E-state index contributed by atoms with van der Waals surface area (Å²) in [5.41, 5.74) is 0. The Morgan fingerprint density at radius 2 is 2.05 bits per heavy atom. The molecule has 2 amide bonds. The number of thiophene rings is 1. The molecule has 1 N–H and O–H groups in total. The maximum Gasteiger partial charge on any atom is 0.245 e. The van der Waals surface area contributed by atoms with E-state index in [9.17, 15) is 9.59 Å². The number of rotatable bonds is 3. The molecule has 1 aromatic rings. The number of nitrogens with zero attached hydrogens (tertiary/aromatic N) is 1. The van der Waals surface area contributed by atoms with E-state index >= 15 is 0 Å². The number of nitrogens with one attached hydrogen (secondary N) is 1. The van der Waals surface area contributed by atoms with Crippen LogP contribution in [0.3, 0.4) is 0 Å². The van der Waals surface area contributed by atoms with Crippen molar-refractivity contribution in [2.45, 2.75) is 52.2 Å². The Kier molecular flexibility index (Phi) is 3.94. The summed E-state index contributed by atoms with van der Waals surface area (Å²) in [5.74, 6) is -0.0609. The number of piperazine rings is 1. The Morgan fingerprint density at radius 1 is 1.37 bits per heavy atom. The van der Waals surface area contributed by atoms with Crippen LogP contribution in [0.2, 0.25) is 0 Å². The number of amides is 2. The van der Waals surface area contributed by atoms with Crippen molar-refractivity contribution in [2.75, 3.05) is 0 Å². The van der Waals surface area contributed by atoms with E-state index < -0.39 is 6.04 Å². The lowest BCUT2D eigenvalue weighted by molar-refractivity contribution is -0.150. The van der Waals surface area contributed by atoms with Crippen LogP contribution in [0.5, 0.6) is 0 Å². The average molecular weight is 280 g/mol. The second kappa shape index (κ2) is 5.33. The zero-order valence-corrected chi connectivity index (χ0v) is 12.6. The van der Waals surface area contributed by atoms with Gasteiger partial charge in [-0.1, -0.05) is 0 Å². The molecule has 0 spiro atoms. The molecule has 4 nitrogen and oxygen atoms in total. The molecule has 0 aromatic carbocycles. The van der Waals surface area contributed by atoms with E-state index in [0.29, 0.717) is 0 Å². The summed E-state index contributed by atoms with van der Waals surface area (Å²) in [6.07, 6.45) is 0.800. The third-order valence-corrected chi connectivity index (χ3v) is 4.57. The van der Waals surface area contributed by atoms with Gasteiger partial charge in [0, 0.05) is 22.2 Å². The van der Waals surface area contributed by atoms with Gasteiger partial charge in [-0.15, -0.1) is 11.3 Å². The van der Waals surface area contributed by atoms with Crippen LogP contribution in [0.1, 0.15) is 30.5 Å². The maximum atomic E-state index is 12.2. The minimum atomic E-state index is -0.420. The molecular weight excluding hydrogens is 260 g/mol. The van der Waals surface area contributed by atoms with Crippen LogP contribution in [0, 0.1) is 6.92 Å². The molecule has 1 aromatic heterocycles. The standard InChI is InChI=1S/C14H20N2O2S/c1-8(7-12-6-5-9(2)19-12)16-11(4)13(17)15-10(3)14(16)18/h5-6,8,10-11H,7H2,1-4H3,(H,15,17). The lowest BCUT2D eigenvalue weighted by Crippen LogP contribution is -2.63. The minimum Gasteiger partial charge on any atom is -0.343 e. The van der Waals surface area contributed by atoms with E-state index in [1.54, 1.807) is 30.1 Å². The molecule has 0 saturated carbocycles. The topological polar surface area (TPSA) is 49.4 Å². The van der Waals surface area contributed by atoms with Crippen LogP contribution in [-0.4, -0.2) is 34.8 Å². The van der Waals surface area contributed by atoms with Crippen molar-refractivity contribution < 1.29 is 9.59 Å². The molecule has 0 aliphatic carbocycles. The predicted octanol–water partition coefficient (Wildman–Crippen LogP) is 1.72. The van der Waals surface area contributed by atoms with E-state index in [4.69, 9.17) is 0 Å². The van der Waals surface area contributed by atoms with Gasteiger partial charge in [0.15, 0.2) is 0 Å². The maximum absolute atomic E-state index is 12.2. The van der Waals surface area contributed by atoms with Crippen molar-refractivity contribution in [1.29, 1.82) is 0 Å². The third-order valence-electron chi connectivity index (χ3n) is 3.55. The van der Waals surface area contributed by atoms with Crippen molar-refractivity contribution >= 4 is 23.2 Å². The van der Waals surface area contributed by atoms with Gasteiger partial charge in [0.25, 0.3) is 0 Å². The molecule has 19 heavy (non-hydrogen) atoms. The van der Waals surface area contributed by atoms with E-state index in [0.717, 1.165) is 6.42 Å². The average Bonchev–Trinajstić information content (AvgIpc) is 2.72. The largest absolute Gasteiger partial charge is 0.343 e. The first-order valence-corrected chi connectivity index (χ1v) is 7.39. The summed E-state index contributed by atoms with van der Waals surface area (Å²) in [4.78, 5) is 28.3. The van der Waals surface area contributed by atoms with Gasteiger partial charge in [0.2, 0.25) is 11.8 Å². The zero-order chi connectivity index (χ0) is 14.2. The van der Waals surface area contributed by atoms with Gasteiger partial charge in [0.05, 0.1) is 0 Å². The van der Waals surface area contributed by atoms with Gasteiger partial charge >= 0.3 is 0 Å². The lowest BCUT2D eigenvalue weighted by atomic mass is 10.0. The normalized spacial score (nSPS) is 25.4. The van der Waals surface area contributed by atoms with Gasteiger partial charge in [0.1, 0.15) is 12.1 Å². The smallest absolute Gasteiger partial charge is 0.245 e. The number of carbonyl (C=O) groups excluding carboxylic acids is 2. The van der Waals surface area contributed by atoms with E-state index in [-0.39, 0.29) is 23.9 Å². The molecule has 104 valence electrons. The number of carbonyl (C=O) groups is 2. The Bertz CT molecular complexity index is 497. The number of hydrogen-bond donors (Lipinski definition) is 1. The van der Waals surface area contributed by atoms with Crippen LogP contribution in [0.25, 0.3) is 0 Å². The SMILES string of the molecule is Cc1ccc(CC(C)N2C(=O)C(C)NC(=O)C2C)s1. The van der Waals surface area contributed by atoms with E-state index in [1.807, 2.05) is 6.92 Å². The van der Waals surface area contributed by atoms with Crippen molar-refractivity contribution in [1.82, 2.24) is 10.2 Å². The molecule has 0 bridgehead atoms. The first-order chi connectivity index (χ1) is 8.90. The molecule has 2 heterocycles. The van der Waals surface area contributed by atoms with Crippen molar-refractivity contribution in [2.24, 2.45) is 0 Å². The molecular formula is C14H20N2O2S. The highest BCUT2D eigenvalue weighted by atomic mass is 32.1.